The molecule has 32 heavy (non-hydrogen) atoms. The molecule has 4 rings (SSSR count). The molecule has 4 N–H and O–H groups in total. The summed E-state index contributed by atoms with van der Waals surface area (Å²) in [7, 11) is 0. The summed E-state index contributed by atoms with van der Waals surface area (Å²) in [4.78, 5) is 8.55. The van der Waals surface area contributed by atoms with E-state index in [4.69, 9.17) is 15.9 Å². The predicted octanol–water partition coefficient (Wildman–Crippen LogP) is 4.04. The Labute approximate surface area is 182 Å². The van der Waals surface area contributed by atoms with Gasteiger partial charge in [-0.25, -0.2) is 23.1 Å². The highest BCUT2D eigenvalue weighted by Gasteiger charge is 2.22. The minimum Gasteiger partial charge on any atom is -0.482 e. The third-order valence-corrected chi connectivity index (χ3v) is 5.15. The van der Waals surface area contributed by atoms with Gasteiger partial charge in [0.25, 0.3) is 6.43 Å². The Morgan fingerprint density at radius 2 is 2.16 bits per heavy atom. The summed E-state index contributed by atoms with van der Waals surface area (Å²) in [6, 6.07) is 5.89. The van der Waals surface area contributed by atoms with Gasteiger partial charge in [0, 0.05) is 52.8 Å². The molecule has 3 heterocycles. The van der Waals surface area contributed by atoms with Crippen LogP contribution in [-0.4, -0.2) is 33.7 Å². The van der Waals surface area contributed by atoms with Crippen LogP contribution >= 0.6 is 0 Å². The lowest BCUT2D eigenvalue weighted by atomic mass is 10.0. The molecule has 0 radical (unpaired) electrons. The zero-order chi connectivity index (χ0) is 22.8. The van der Waals surface area contributed by atoms with E-state index in [1.807, 2.05) is 0 Å². The van der Waals surface area contributed by atoms with Gasteiger partial charge in [-0.2, -0.15) is 0 Å². The molecule has 0 fully saturated rings. The molecular formula is C22H21F3N6O. The van der Waals surface area contributed by atoms with E-state index in [9.17, 15) is 13.2 Å². The topological polar surface area (TPSA) is 102 Å². The number of nitrogens with two attached hydrogens (primary N) is 1. The van der Waals surface area contributed by atoms with Gasteiger partial charge in [0.2, 0.25) is 0 Å². The molecule has 166 valence electrons. The average Bonchev–Trinajstić information content (AvgIpc) is 3.22. The lowest BCUT2D eigenvalue weighted by Gasteiger charge is -2.23. The predicted molar refractivity (Wildman–Crippen MR) is 115 cm³/mol. The molecule has 0 saturated heterocycles. The average molecular weight is 442 g/mol. The monoisotopic (exact) mass is 442 g/mol. The summed E-state index contributed by atoms with van der Waals surface area (Å²) < 4.78 is 47.9. The number of aromatic nitrogens is 3. The Balaban J connectivity index is 1.96. The normalized spacial score (nSPS) is 18.1. The Morgan fingerprint density at radius 1 is 1.34 bits per heavy atom. The molecule has 1 aliphatic heterocycles. The third-order valence-electron chi connectivity index (χ3n) is 5.15. The van der Waals surface area contributed by atoms with Gasteiger partial charge in [-0.15, -0.1) is 0 Å². The second-order valence-electron chi connectivity index (χ2n) is 7.29. The molecule has 7 nitrogen and oxygen atoms in total. The van der Waals surface area contributed by atoms with Crippen LogP contribution in [-0.2, 0) is 6.54 Å². The van der Waals surface area contributed by atoms with Crippen LogP contribution in [0.15, 0.2) is 48.4 Å². The van der Waals surface area contributed by atoms with Gasteiger partial charge < -0.3 is 25.8 Å². The van der Waals surface area contributed by atoms with Gasteiger partial charge in [0.05, 0.1) is 13.1 Å². The van der Waals surface area contributed by atoms with Crippen molar-refractivity contribution in [1.82, 2.24) is 19.9 Å². The maximum absolute atomic E-state index is 14.1. The molecule has 1 aliphatic rings. The standard InChI is InChI=1S/C22H21F3N6O/c1-12-17-7-15(23)2-3-16(17)22-28-4-5-31(22)11-14(8-26)20(29-10-19(24)25)13-6-18(32-12)21(27)30-9-13/h2-9,12,19,26,29H,10-11H2,1H3,(H2,27,30)/b20-14+,26-8?. The van der Waals surface area contributed by atoms with Crippen molar-refractivity contribution >= 4 is 17.7 Å². The molecule has 1 atom stereocenters. The first kappa shape index (κ1) is 21.4. The van der Waals surface area contributed by atoms with Crippen LogP contribution in [0.3, 0.4) is 0 Å². The molecule has 0 amide bonds. The van der Waals surface area contributed by atoms with E-state index in [-0.39, 0.29) is 18.1 Å². The first-order valence-electron chi connectivity index (χ1n) is 9.86. The van der Waals surface area contributed by atoms with Crippen LogP contribution in [0.2, 0.25) is 0 Å². The van der Waals surface area contributed by atoms with Gasteiger partial charge in [0.1, 0.15) is 17.7 Å². The first-order chi connectivity index (χ1) is 15.4. The number of imidazole rings is 1. The number of alkyl halides is 2. The van der Waals surface area contributed by atoms with Gasteiger partial charge in [-0.05, 0) is 31.2 Å². The molecule has 2 bridgehead atoms. The van der Waals surface area contributed by atoms with Crippen LogP contribution < -0.4 is 15.8 Å². The number of fused-ring (bicyclic) bond motifs is 5. The number of rotatable bonds is 4. The Morgan fingerprint density at radius 3 is 2.91 bits per heavy atom. The van der Waals surface area contributed by atoms with Crippen molar-refractivity contribution in [3.8, 4) is 17.1 Å². The molecule has 1 aromatic carbocycles. The van der Waals surface area contributed by atoms with E-state index >= 15 is 0 Å². The van der Waals surface area contributed by atoms with Crippen molar-refractivity contribution in [3.63, 3.8) is 0 Å². The largest absolute Gasteiger partial charge is 0.482 e. The number of ether oxygens (including phenoxy) is 1. The summed E-state index contributed by atoms with van der Waals surface area (Å²) in [6.07, 6.45) is 2.60. The van der Waals surface area contributed by atoms with Crippen molar-refractivity contribution in [2.45, 2.75) is 26.0 Å². The molecular weight excluding hydrogens is 421 g/mol. The third kappa shape index (κ3) is 4.16. The molecule has 0 saturated carbocycles. The van der Waals surface area contributed by atoms with Crippen LogP contribution in [0.4, 0.5) is 19.0 Å². The minimum absolute atomic E-state index is 0.0988. The molecule has 10 heteroatoms. The van der Waals surface area contributed by atoms with Crippen LogP contribution in [0, 0.1) is 11.2 Å². The number of hydrogen-bond acceptors (Lipinski definition) is 6. The minimum atomic E-state index is -2.60. The van der Waals surface area contributed by atoms with E-state index in [1.165, 1.54) is 18.3 Å². The highest BCUT2D eigenvalue weighted by Crippen LogP contribution is 2.35. The number of nitrogens with zero attached hydrogens (tertiary/aromatic N) is 3. The number of allylic oxidation sites excluding steroid dienone is 1. The van der Waals surface area contributed by atoms with Gasteiger partial charge in [-0.3, -0.25) is 0 Å². The fourth-order valence-electron chi connectivity index (χ4n) is 3.66. The SMILES string of the molecule is CC1Oc2cc(cnc2N)/C(NCC(F)F)=C(/C=N)Cn2ccnc2-c2ccc(F)cc21. The van der Waals surface area contributed by atoms with Gasteiger partial charge in [0.15, 0.2) is 11.6 Å². The fraction of sp³-hybridized carbons (Fsp3) is 0.227. The lowest BCUT2D eigenvalue weighted by molar-refractivity contribution is 0.151. The number of pyridine rings is 1. The summed E-state index contributed by atoms with van der Waals surface area (Å²) in [5.41, 5.74) is 8.34. The summed E-state index contributed by atoms with van der Waals surface area (Å²) in [5.74, 6) is 0.415. The maximum Gasteiger partial charge on any atom is 0.255 e. The molecule has 3 aromatic rings. The van der Waals surface area contributed by atoms with Gasteiger partial charge >= 0.3 is 0 Å². The first-order valence-corrected chi connectivity index (χ1v) is 9.86. The van der Waals surface area contributed by atoms with Crippen molar-refractivity contribution in [2.24, 2.45) is 0 Å². The van der Waals surface area contributed by atoms with E-state index in [1.54, 1.807) is 36.0 Å². The zero-order valence-corrected chi connectivity index (χ0v) is 17.1. The number of benzene rings is 1. The fourth-order valence-corrected chi connectivity index (χ4v) is 3.66. The Hall–Kier alpha value is -3.82. The van der Waals surface area contributed by atoms with Crippen LogP contribution in [0.5, 0.6) is 5.75 Å². The molecule has 0 spiro atoms. The van der Waals surface area contributed by atoms with Crippen LogP contribution in [0.1, 0.15) is 24.2 Å². The molecule has 2 aromatic heterocycles. The smallest absolute Gasteiger partial charge is 0.255 e. The highest BCUT2D eigenvalue weighted by molar-refractivity contribution is 5.89. The maximum atomic E-state index is 14.1. The van der Waals surface area contributed by atoms with Crippen molar-refractivity contribution < 1.29 is 17.9 Å². The van der Waals surface area contributed by atoms with Crippen molar-refractivity contribution in [1.29, 1.82) is 5.41 Å². The molecule has 1 unspecified atom stereocenters. The summed E-state index contributed by atoms with van der Waals surface area (Å²) in [6.45, 7) is 1.30. The number of nitrogens with one attached hydrogen (secondary N) is 2. The number of anilines is 1. The second-order valence-corrected chi connectivity index (χ2v) is 7.29. The highest BCUT2D eigenvalue weighted by atomic mass is 19.3. The number of hydrogen-bond donors (Lipinski definition) is 3. The van der Waals surface area contributed by atoms with E-state index in [2.05, 4.69) is 15.3 Å². The Bertz CT molecular complexity index is 1190. The van der Waals surface area contributed by atoms with Gasteiger partial charge in [-0.1, -0.05) is 0 Å². The molecule has 0 aliphatic carbocycles. The number of nitrogen functional groups attached to an aromatic ring is 1. The lowest BCUT2D eigenvalue weighted by Crippen LogP contribution is -2.23. The Kier molecular flexibility index (Phi) is 5.85. The van der Waals surface area contributed by atoms with Crippen molar-refractivity contribution in [3.05, 3.63) is 65.4 Å². The van der Waals surface area contributed by atoms with Crippen molar-refractivity contribution in [2.75, 3.05) is 12.3 Å². The number of halogens is 3. The summed E-state index contributed by atoms with van der Waals surface area (Å²) >= 11 is 0. The zero-order valence-electron chi connectivity index (χ0n) is 17.1. The van der Waals surface area contributed by atoms with E-state index in [0.29, 0.717) is 33.8 Å². The second kappa shape index (κ2) is 8.74. The quantitative estimate of drug-likeness (QED) is 0.530. The van der Waals surface area contributed by atoms with E-state index < -0.39 is 24.9 Å². The van der Waals surface area contributed by atoms with E-state index in [0.717, 1.165) is 6.21 Å². The van der Waals surface area contributed by atoms with Crippen LogP contribution in [0.25, 0.3) is 17.1 Å². The summed E-state index contributed by atoms with van der Waals surface area (Å²) in [5, 5.41) is 10.7.